The third-order valence-corrected chi connectivity index (χ3v) is 2.24. The molecule has 76 valence electrons. The van der Waals surface area contributed by atoms with Gasteiger partial charge in [0.25, 0.3) is 10.1 Å². The number of hydrogen-bond acceptors (Lipinski definition) is 3. The van der Waals surface area contributed by atoms with Gasteiger partial charge < -0.3 is 6.15 Å². The predicted molar refractivity (Wildman–Crippen MR) is 45.6 cm³/mol. The van der Waals surface area contributed by atoms with E-state index in [0.29, 0.717) is 6.42 Å². The van der Waals surface area contributed by atoms with Crippen molar-refractivity contribution >= 4 is 10.1 Å². The zero-order valence-corrected chi connectivity index (χ0v) is 7.98. The first-order valence-corrected chi connectivity index (χ1v) is 5.09. The molecule has 0 aliphatic heterocycles. The van der Waals surface area contributed by atoms with Gasteiger partial charge >= 0.3 is 0 Å². The summed E-state index contributed by atoms with van der Waals surface area (Å²) in [5.74, 6) is 0. The third-order valence-electron chi connectivity index (χ3n) is 1.36. The van der Waals surface area contributed by atoms with E-state index in [2.05, 4.69) is 0 Å². The Morgan fingerprint density at radius 3 is 2.25 bits per heavy atom. The van der Waals surface area contributed by atoms with Gasteiger partial charge in [-0.05, 0) is 12.8 Å². The van der Waals surface area contributed by atoms with Crippen LogP contribution in [-0.4, -0.2) is 18.5 Å². The van der Waals surface area contributed by atoms with E-state index in [-0.39, 0.29) is 12.6 Å². The lowest BCUT2D eigenvalue weighted by Gasteiger charge is -2.02. The number of rotatable bonds is 5. The highest BCUT2D eigenvalue weighted by Gasteiger charge is 2.20. The van der Waals surface area contributed by atoms with Crippen LogP contribution in [0.2, 0.25) is 0 Å². The number of halogens is 1. The molecule has 4 N–H and O–H groups in total. The first-order chi connectivity index (χ1) is 4.98. The van der Waals surface area contributed by atoms with Crippen LogP contribution in [0, 0.1) is 0 Å². The van der Waals surface area contributed by atoms with Crippen molar-refractivity contribution in [3.8, 4) is 0 Å². The van der Waals surface area contributed by atoms with Crippen LogP contribution >= 0.6 is 0 Å². The van der Waals surface area contributed by atoms with Crippen molar-refractivity contribution in [2.75, 3.05) is 0 Å². The van der Waals surface area contributed by atoms with Crippen LogP contribution in [0.5, 0.6) is 0 Å². The molecule has 0 fully saturated rings. The summed E-state index contributed by atoms with van der Waals surface area (Å²) in [5, 5.41) is 0. The summed E-state index contributed by atoms with van der Waals surface area (Å²) in [6.45, 7) is 1.93. The molecule has 12 heavy (non-hydrogen) atoms. The molecule has 0 aromatic heterocycles. The van der Waals surface area contributed by atoms with Gasteiger partial charge in [-0.3, -0.25) is 4.55 Å². The fourth-order valence-electron chi connectivity index (χ4n) is 0.704. The molecule has 6 heteroatoms. The minimum atomic E-state index is -4.45. The van der Waals surface area contributed by atoms with Gasteiger partial charge in [-0.25, -0.2) is 4.39 Å². The molecule has 0 amide bonds. The topological polar surface area (TPSA) is 89.4 Å². The second kappa shape index (κ2) is 6.33. The summed E-state index contributed by atoms with van der Waals surface area (Å²) < 4.78 is 40.8. The van der Waals surface area contributed by atoms with Crippen molar-refractivity contribution in [3.63, 3.8) is 0 Å². The van der Waals surface area contributed by atoms with Gasteiger partial charge in [0, 0.05) is 0 Å². The van der Waals surface area contributed by atoms with Gasteiger partial charge in [0.15, 0.2) is 0 Å². The average Bonchev–Trinajstić information content (AvgIpc) is 1.86. The molecule has 0 saturated carbocycles. The molecular weight excluding hydrogens is 185 g/mol. The summed E-state index contributed by atoms with van der Waals surface area (Å²) in [6.07, 6.45) is 2.08. The molecular formula is C6H16FNO3S. The fourth-order valence-corrected chi connectivity index (χ4v) is 1.17. The second-order valence-electron chi connectivity index (χ2n) is 2.42. The van der Waals surface area contributed by atoms with Crippen LogP contribution in [0.15, 0.2) is 0 Å². The predicted octanol–water partition coefficient (Wildman–Crippen LogP) is 1.91. The molecule has 0 saturated heterocycles. The van der Waals surface area contributed by atoms with Gasteiger partial charge in [-0.2, -0.15) is 8.42 Å². The van der Waals surface area contributed by atoms with E-state index in [1.165, 1.54) is 0 Å². The highest BCUT2D eigenvalue weighted by atomic mass is 32.2. The summed E-state index contributed by atoms with van der Waals surface area (Å²) in [7, 11) is -4.45. The Morgan fingerprint density at radius 1 is 1.42 bits per heavy atom. The van der Waals surface area contributed by atoms with E-state index in [0.717, 1.165) is 12.8 Å². The lowest BCUT2D eigenvalue weighted by Crippen LogP contribution is -2.14. The Bertz CT molecular complexity index is 193. The monoisotopic (exact) mass is 201 g/mol. The van der Waals surface area contributed by atoms with Crippen molar-refractivity contribution in [3.05, 3.63) is 0 Å². The number of hydrogen-bond donors (Lipinski definition) is 2. The van der Waals surface area contributed by atoms with Gasteiger partial charge in [0.05, 0.1) is 0 Å². The minimum Gasteiger partial charge on any atom is -0.344 e. The SMILES string of the molecule is CCCCCC(F)S(=O)(=O)O.N. The van der Waals surface area contributed by atoms with Crippen molar-refractivity contribution < 1.29 is 17.4 Å². The van der Waals surface area contributed by atoms with Crippen LogP contribution in [0.3, 0.4) is 0 Å². The van der Waals surface area contributed by atoms with E-state index in [4.69, 9.17) is 4.55 Å². The maximum Gasteiger partial charge on any atom is 0.297 e. The van der Waals surface area contributed by atoms with Gasteiger partial charge in [0.1, 0.15) is 0 Å². The fraction of sp³-hybridized carbons (Fsp3) is 1.00. The van der Waals surface area contributed by atoms with Crippen molar-refractivity contribution in [1.29, 1.82) is 0 Å². The minimum absolute atomic E-state index is 0. The zero-order valence-electron chi connectivity index (χ0n) is 7.16. The molecule has 0 spiro atoms. The lowest BCUT2D eigenvalue weighted by atomic mass is 10.2. The van der Waals surface area contributed by atoms with Gasteiger partial charge in [-0.1, -0.05) is 19.8 Å². The Kier molecular flexibility index (Phi) is 7.56. The van der Waals surface area contributed by atoms with Gasteiger partial charge in [-0.15, -0.1) is 0 Å². The molecule has 0 rings (SSSR count). The first kappa shape index (κ1) is 14.3. The third kappa shape index (κ3) is 6.51. The van der Waals surface area contributed by atoms with E-state index in [9.17, 15) is 12.8 Å². The van der Waals surface area contributed by atoms with Crippen LogP contribution in [0.4, 0.5) is 4.39 Å². The summed E-state index contributed by atoms with van der Waals surface area (Å²) in [6, 6.07) is 0. The van der Waals surface area contributed by atoms with E-state index in [1.807, 2.05) is 6.92 Å². The molecule has 0 aliphatic carbocycles. The standard InChI is InChI=1S/C6H13FO3S.H3N/c1-2-3-4-5-6(7)11(8,9)10;/h6H,2-5H2,1H3,(H,8,9,10);1H3. The van der Waals surface area contributed by atoms with Crippen LogP contribution < -0.4 is 6.15 Å². The number of unbranched alkanes of at least 4 members (excludes halogenated alkanes) is 2. The van der Waals surface area contributed by atoms with E-state index < -0.39 is 15.6 Å². The van der Waals surface area contributed by atoms with E-state index >= 15 is 0 Å². The smallest absolute Gasteiger partial charge is 0.297 e. The average molecular weight is 201 g/mol. The van der Waals surface area contributed by atoms with Crippen LogP contribution in [-0.2, 0) is 10.1 Å². The van der Waals surface area contributed by atoms with Crippen LogP contribution in [0.25, 0.3) is 0 Å². The van der Waals surface area contributed by atoms with Crippen molar-refractivity contribution in [2.24, 2.45) is 0 Å². The van der Waals surface area contributed by atoms with Crippen LogP contribution in [0.1, 0.15) is 32.6 Å². The second-order valence-corrected chi connectivity index (χ2v) is 3.96. The summed E-state index contributed by atoms with van der Waals surface area (Å²) in [5.41, 5.74) is -2.10. The lowest BCUT2D eigenvalue weighted by molar-refractivity contribution is 0.351. The molecule has 4 nitrogen and oxygen atoms in total. The number of alkyl halides is 1. The summed E-state index contributed by atoms with van der Waals surface area (Å²) >= 11 is 0. The summed E-state index contributed by atoms with van der Waals surface area (Å²) in [4.78, 5) is 0. The Balaban J connectivity index is 0. The maximum atomic E-state index is 12.4. The highest BCUT2D eigenvalue weighted by Crippen LogP contribution is 2.10. The molecule has 0 aromatic carbocycles. The molecule has 0 aromatic rings. The largest absolute Gasteiger partial charge is 0.344 e. The molecule has 0 aliphatic rings. The molecule has 0 radical (unpaired) electrons. The van der Waals surface area contributed by atoms with E-state index in [1.54, 1.807) is 0 Å². The van der Waals surface area contributed by atoms with Gasteiger partial charge in [0.2, 0.25) is 5.50 Å². The van der Waals surface area contributed by atoms with Crippen molar-refractivity contribution in [2.45, 2.75) is 38.1 Å². The van der Waals surface area contributed by atoms with Crippen molar-refractivity contribution in [1.82, 2.24) is 6.15 Å². The maximum absolute atomic E-state index is 12.4. The highest BCUT2D eigenvalue weighted by molar-refractivity contribution is 7.86. The molecule has 1 atom stereocenters. The first-order valence-electron chi connectivity index (χ1n) is 3.59. The Morgan fingerprint density at radius 2 is 1.92 bits per heavy atom. The Labute approximate surface area is 72.5 Å². The molecule has 1 unspecified atom stereocenters. The normalized spacial score (nSPS) is 13.6. The zero-order chi connectivity index (χ0) is 8.91. The quantitative estimate of drug-likeness (QED) is 0.525. The molecule has 0 bridgehead atoms. The Hall–Kier alpha value is -0.200. The molecule has 0 heterocycles.